The molecule has 0 aromatic rings. The number of hydrogen-bond acceptors (Lipinski definition) is 1. The van der Waals surface area contributed by atoms with E-state index in [1.165, 1.54) is 18.4 Å². The third-order valence-electron chi connectivity index (χ3n) is 6.54. The van der Waals surface area contributed by atoms with Crippen LogP contribution in [-0.2, 0) is 4.79 Å². The molecule has 2 aliphatic rings. The van der Waals surface area contributed by atoms with Crippen LogP contribution in [-0.4, -0.2) is 11.9 Å². The Morgan fingerprint density at radius 3 is 2.35 bits per heavy atom. The summed E-state index contributed by atoms with van der Waals surface area (Å²) in [5, 5.41) is 3.45. The zero-order valence-electron chi connectivity index (χ0n) is 16.3. The number of hydrogen-bond donors (Lipinski definition) is 1. The second kappa shape index (κ2) is 6.99. The summed E-state index contributed by atoms with van der Waals surface area (Å²) in [5.74, 6) is 3.07. The average Bonchev–Trinajstić information content (AvgIpc) is 2.42. The minimum Gasteiger partial charge on any atom is -0.353 e. The highest BCUT2D eigenvalue weighted by molar-refractivity contribution is 5.81. The minimum atomic E-state index is 0.0922. The Morgan fingerprint density at radius 1 is 1.17 bits per heavy atom. The fourth-order valence-electron chi connectivity index (χ4n) is 4.74. The van der Waals surface area contributed by atoms with Crippen LogP contribution in [0.4, 0.5) is 0 Å². The van der Waals surface area contributed by atoms with E-state index in [1.807, 2.05) is 0 Å². The van der Waals surface area contributed by atoms with E-state index in [0.717, 1.165) is 18.8 Å². The van der Waals surface area contributed by atoms with Gasteiger partial charge in [0.2, 0.25) is 5.91 Å². The van der Waals surface area contributed by atoms with Gasteiger partial charge in [-0.1, -0.05) is 52.7 Å². The molecule has 2 fully saturated rings. The summed E-state index contributed by atoms with van der Waals surface area (Å²) in [6.07, 6.45) is 7.09. The SMILES string of the molecule is CC(C)=C[C@H]1C[C@H](C(=O)N[C@H]2C[C@H](C)CC[C@H]2C(C)C)C1(C)C. The van der Waals surface area contributed by atoms with Crippen LogP contribution in [0.1, 0.15) is 74.1 Å². The fourth-order valence-corrected chi connectivity index (χ4v) is 4.74. The van der Waals surface area contributed by atoms with Crippen molar-refractivity contribution in [2.45, 2.75) is 80.2 Å². The quantitative estimate of drug-likeness (QED) is 0.710. The van der Waals surface area contributed by atoms with Crippen molar-refractivity contribution in [2.24, 2.45) is 35.0 Å². The number of amides is 1. The van der Waals surface area contributed by atoms with E-state index < -0.39 is 0 Å². The van der Waals surface area contributed by atoms with Gasteiger partial charge in [0, 0.05) is 12.0 Å². The number of rotatable bonds is 4. The minimum absolute atomic E-state index is 0.0922. The lowest BCUT2D eigenvalue weighted by Crippen LogP contribution is -2.55. The molecule has 1 amide bonds. The first-order valence-corrected chi connectivity index (χ1v) is 9.58. The van der Waals surface area contributed by atoms with Crippen molar-refractivity contribution in [3.8, 4) is 0 Å². The first kappa shape index (κ1) is 18.5. The zero-order valence-corrected chi connectivity index (χ0v) is 16.3. The van der Waals surface area contributed by atoms with E-state index in [2.05, 4.69) is 59.9 Å². The van der Waals surface area contributed by atoms with E-state index in [4.69, 9.17) is 0 Å². The van der Waals surface area contributed by atoms with Gasteiger partial charge < -0.3 is 5.32 Å². The summed E-state index contributed by atoms with van der Waals surface area (Å²) in [6.45, 7) is 15.8. The third-order valence-corrected chi connectivity index (χ3v) is 6.54. The summed E-state index contributed by atoms with van der Waals surface area (Å²) in [5.41, 5.74) is 1.46. The summed E-state index contributed by atoms with van der Waals surface area (Å²) >= 11 is 0. The molecule has 0 aliphatic heterocycles. The highest BCUT2D eigenvalue weighted by Crippen LogP contribution is 2.52. The molecule has 23 heavy (non-hydrogen) atoms. The van der Waals surface area contributed by atoms with Crippen molar-refractivity contribution < 1.29 is 4.79 Å². The first-order chi connectivity index (χ1) is 10.6. The third kappa shape index (κ3) is 4.00. The molecule has 2 heteroatoms. The van der Waals surface area contributed by atoms with Gasteiger partial charge in [-0.3, -0.25) is 4.79 Å². The Morgan fingerprint density at radius 2 is 1.83 bits per heavy atom. The maximum Gasteiger partial charge on any atom is 0.223 e. The van der Waals surface area contributed by atoms with E-state index in [0.29, 0.717) is 29.7 Å². The predicted molar refractivity (Wildman–Crippen MR) is 98.1 cm³/mol. The van der Waals surface area contributed by atoms with Gasteiger partial charge in [-0.05, 0) is 62.2 Å². The zero-order chi connectivity index (χ0) is 17.4. The van der Waals surface area contributed by atoms with Crippen LogP contribution in [0.2, 0.25) is 0 Å². The molecule has 5 atom stereocenters. The van der Waals surface area contributed by atoms with Gasteiger partial charge in [-0.15, -0.1) is 0 Å². The van der Waals surface area contributed by atoms with E-state index >= 15 is 0 Å². The van der Waals surface area contributed by atoms with E-state index in [1.54, 1.807) is 0 Å². The molecule has 0 radical (unpaired) electrons. The van der Waals surface area contributed by atoms with Gasteiger partial charge in [0.15, 0.2) is 0 Å². The van der Waals surface area contributed by atoms with Gasteiger partial charge in [-0.2, -0.15) is 0 Å². The van der Waals surface area contributed by atoms with Crippen molar-refractivity contribution in [1.29, 1.82) is 0 Å². The molecular weight excluding hydrogens is 282 g/mol. The molecule has 132 valence electrons. The van der Waals surface area contributed by atoms with Crippen LogP contribution in [0, 0.1) is 35.0 Å². The highest BCUT2D eigenvalue weighted by Gasteiger charge is 2.51. The molecule has 0 saturated heterocycles. The maximum absolute atomic E-state index is 12.9. The molecule has 1 N–H and O–H groups in total. The summed E-state index contributed by atoms with van der Waals surface area (Å²) < 4.78 is 0. The molecule has 2 aliphatic carbocycles. The fraction of sp³-hybridized carbons (Fsp3) is 0.857. The van der Waals surface area contributed by atoms with E-state index in [-0.39, 0.29) is 11.3 Å². The number of nitrogens with one attached hydrogen (secondary N) is 1. The molecule has 0 spiro atoms. The molecule has 2 saturated carbocycles. The smallest absolute Gasteiger partial charge is 0.223 e. The van der Waals surface area contributed by atoms with Crippen LogP contribution >= 0.6 is 0 Å². The van der Waals surface area contributed by atoms with Crippen molar-refractivity contribution in [2.75, 3.05) is 0 Å². The normalized spacial score (nSPS) is 36.3. The molecule has 0 heterocycles. The van der Waals surface area contributed by atoms with Gasteiger partial charge in [0.1, 0.15) is 0 Å². The molecule has 2 rings (SSSR count). The Hall–Kier alpha value is -0.790. The first-order valence-electron chi connectivity index (χ1n) is 9.58. The van der Waals surface area contributed by atoms with Crippen molar-refractivity contribution in [3.63, 3.8) is 0 Å². The predicted octanol–water partition coefficient (Wildman–Crippen LogP) is 5.19. The second-order valence-corrected chi connectivity index (χ2v) is 9.40. The largest absolute Gasteiger partial charge is 0.353 e. The van der Waals surface area contributed by atoms with Gasteiger partial charge in [0.25, 0.3) is 0 Å². The van der Waals surface area contributed by atoms with Gasteiger partial charge >= 0.3 is 0 Å². The van der Waals surface area contributed by atoms with Gasteiger partial charge in [-0.25, -0.2) is 0 Å². The van der Waals surface area contributed by atoms with Crippen LogP contribution in [0.25, 0.3) is 0 Å². The van der Waals surface area contributed by atoms with Crippen LogP contribution < -0.4 is 5.32 Å². The molecular formula is C21H37NO. The highest BCUT2D eigenvalue weighted by atomic mass is 16.2. The Kier molecular flexibility index (Phi) is 5.63. The van der Waals surface area contributed by atoms with E-state index in [9.17, 15) is 4.79 Å². The van der Waals surface area contributed by atoms with Crippen molar-refractivity contribution in [1.82, 2.24) is 5.32 Å². The lowest BCUT2D eigenvalue weighted by atomic mass is 9.54. The average molecular weight is 320 g/mol. The van der Waals surface area contributed by atoms with Gasteiger partial charge in [0.05, 0.1) is 0 Å². The standard InChI is InChI=1S/C21H37NO/c1-13(2)10-16-12-18(21(16,6)7)20(23)22-19-11-15(5)8-9-17(19)14(3)4/h10,14-19H,8-9,11-12H2,1-7H3,(H,22,23)/t15-,16+,17+,18-,19+/m1/s1. The summed E-state index contributed by atoms with van der Waals surface area (Å²) in [7, 11) is 0. The lowest BCUT2D eigenvalue weighted by molar-refractivity contribution is -0.139. The second-order valence-electron chi connectivity index (χ2n) is 9.40. The summed E-state index contributed by atoms with van der Waals surface area (Å²) in [4.78, 5) is 12.9. The monoisotopic (exact) mass is 319 g/mol. The summed E-state index contributed by atoms with van der Waals surface area (Å²) in [6, 6.07) is 0.379. The van der Waals surface area contributed by atoms with Crippen LogP contribution in [0.3, 0.4) is 0 Å². The number of carbonyl (C=O) groups excluding carboxylic acids is 1. The van der Waals surface area contributed by atoms with Crippen molar-refractivity contribution in [3.05, 3.63) is 11.6 Å². The lowest BCUT2D eigenvalue weighted by Gasteiger charge is -2.51. The van der Waals surface area contributed by atoms with Crippen LogP contribution in [0.15, 0.2) is 11.6 Å². The molecule has 0 aromatic heterocycles. The van der Waals surface area contributed by atoms with Crippen molar-refractivity contribution >= 4 is 5.91 Å². The molecule has 0 aromatic carbocycles. The molecule has 0 unspecified atom stereocenters. The Bertz CT molecular complexity index is 458. The maximum atomic E-state index is 12.9. The Balaban J connectivity index is 2.00. The molecule has 2 nitrogen and oxygen atoms in total. The van der Waals surface area contributed by atoms with Crippen LogP contribution in [0.5, 0.6) is 0 Å². The molecule has 0 bridgehead atoms. The number of allylic oxidation sites excluding steroid dienone is 2. The Labute approximate surface area is 143 Å². The topological polar surface area (TPSA) is 29.1 Å². The number of carbonyl (C=O) groups is 1.